The molecule has 2 aromatic heterocycles. The van der Waals surface area contributed by atoms with E-state index in [9.17, 15) is 4.79 Å². The number of nitrogens with one attached hydrogen (secondary N) is 2. The van der Waals surface area contributed by atoms with Crippen LogP contribution in [0.2, 0.25) is 0 Å². The first kappa shape index (κ1) is 13.4. The zero-order valence-electron chi connectivity index (χ0n) is 11.7. The molecule has 6 heteroatoms. The molecule has 0 aliphatic rings. The van der Waals surface area contributed by atoms with E-state index < -0.39 is 0 Å². The summed E-state index contributed by atoms with van der Waals surface area (Å²) in [6, 6.07) is 8.17. The average molecular weight is 284 g/mol. The molecule has 3 rings (SSSR count). The van der Waals surface area contributed by atoms with Crippen LogP contribution in [0.25, 0.3) is 10.9 Å². The fraction of sp³-hybridized carbons (Fsp3) is 0.267. The molecule has 0 spiro atoms. The fourth-order valence-electron chi connectivity index (χ4n) is 2.24. The molecule has 1 aromatic carbocycles. The molecule has 108 valence electrons. The first-order valence-electron chi connectivity index (χ1n) is 6.93. The van der Waals surface area contributed by atoms with Gasteiger partial charge in [-0.25, -0.2) is 4.63 Å². The van der Waals surface area contributed by atoms with Gasteiger partial charge in [-0.3, -0.25) is 4.79 Å². The third kappa shape index (κ3) is 2.94. The second kappa shape index (κ2) is 5.78. The quantitative estimate of drug-likeness (QED) is 0.754. The molecule has 0 aliphatic carbocycles. The van der Waals surface area contributed by atoms with Crippen molar-refractivity contribution in [2.75, 3.05) is 5.32 Å². The van der Waals surface area contributed by atoms with Crippen molar-refractivity contribution in [1.82, 2.24) is 15.3 Å². The van der Waals surface area contributed by atoms with Crippen LogP contribution in [0.3, 0.4) is 0 Å². The maximum atomic E-state index is 11.9. The van der Waals surface area contributed by atoms with E-state index in [0.29, 0.717) is 30.8 Å². The Morgan fingerprint density at radius 3 is 3.10 bits per heavy atom. The zero-order valence-corrected chi connectivity index (χ0v) is 11.7. The summed E-state index contributed by atoms with van der Waals surface area (Å²) in [6.07, 6.45) is 3.65. The van der Waals surface area contributed by atoms with Crippen LogP contribution in [0.15, 0.2) is 35.1 Å². The highest BCUT2D eigenvalue weighted by molar-refractivity contribution is 5.90. The molecule has 0 saturated heterocycles. The number of rotatable bonds is 5. The van der Waals surface area contributed by atoms with E-state index in [0.717, 1.165) is 16.5 Å². The van der Waals surface area contributed by atoms with Crippen molar-refractivity contribution in [3.63, 3.8) is 0 Å². The fourth-order valence-corrected chi connectivity index (χ4v) is 2.24. The predicted molar refractivity (Wildman–Crippen MR) is 78.9 cm³/mol. The lowest BCUT2D eigenvalue weighted by Gasteiger charge is -2.03. The third-order valence-electron chi connectivity index (χ3n) is 3.41. The number of nitrogens with zero attached hydrogens (tertiary/aromatic N) is 2. The lowest BCUT2D eigenvalue weighted by Crippen LogP contribution is -2.13. The smallest absolute Gasteiger partial charge is 0.225 e. The van der Waals surface area contributed by atoms with E-state index in [1.807, 2.05) is 31.3 Å². The van der Waals surface area contributed by atoms with Crippen molar-refractivity contribution in [3.8, 4) is 0 Å². The Balaban J connectivity index is 1.60. The molecule has 2 heterocycles. The summed E-state index contributed by atoms with van der Waals surface area (Å²) in [5, 5.41) is 11.3. The number of carbonyl (C=O) groups excluding carboxylic acids is 1. The van der Waals surface area contributed by atoms with Crippen LogP contribution in [0.1, 0.15) is 24.6 Å². The van der Waals surface area contributed by atoms with E-state index >= 15 is 0 Å². The summed E-state index contributed by atoms with van der Waals surface area (Å²) in [4.78, 5) is 15.1. The Morgan fingerprint density at radius 2 is 2.24 bits per heavy atom. The number of aromatic amines is 1. The van der Waals surface area contributed by atoms with Gasteiger partial charge in [0.25, 0.3) is 0 Å². The van der Waals surface area contributed by atoms with Gasteiger partial charge in [-0.1, -0.05) is 18.1 Å². The maximum absolute atomic E-state index is 11.9. The van der Waals surface area contributed by atoms with Gasteiger partial charge < -0.3 is 10.3 Å². The van der Waals surface area contributed by atoms with Gasteiger partial charge in [0, 0.05) is 18.1 Å². The van der Waals surface area contributed by atoms with Crippen molar-refractivity contribution in [2.24, 2.45) is 0 Å². The molecular weight excluding hydrogens is 268 g/mol. The van der Waals surface area contributed by atoms with Gasteiger partial charge in [0.05, 0.1) is 0 Å². The Morgan fingerprint density at radius 1 is 1.33 bits per heavy atom. The minimum atomic E-state index is -0.0884. The van der Waals surface area contributed by atoms with Gasteiger partial charge in [-0.2, -0.15) is 0 Å². The van der Waals surface area contributed by atoms with Gasteiger partial charge in [0.15, 0.2) is 0 Å². The first-order chi connectivity index (χ1) is 10.3. The van der Waals surface area contributed by atoms with Crippen LogP contribution in [-0.2, 0) is 17.6 Å². The first-order valence-corrected chi connectivity index (χ1v) is 6.93. The van der Waals surface area contributed by atoms with E-state index in [2.05, 4.69) is 31.3 Å². The summed E-state index contributed by atoms with van der Waals surface area (Å²) in [6.45, 7) is 1.93. The van der Waals surface area contributed by atoms with Crippen LogP contribution in [0, 0.1) is 0 Å². The molecule has 0 radical (unpaired) electrons. The lowest BCUT2D eigenvalue weighted by molar-refractivity contribution is -0.116. The summed E-state index contributed by atoms with van der Waals surface area (Å²) >= 11 is 0. The Kier molecular flexibility index (Phi) is 3.68. The minimum absolute atomic E-state index is 0.0884. The van der Waals surface area contributed by atoms with Crippen molar-refractivity contribution in [3.05, 3.63) is 41.7 Å². The second-order valence-electron chi connectivity index (χ2n) is 4.86. The number of aryl methyl sites for hydroxylation is 2. The van der Waals surface area contributed by atoms with Gasteiger partial charge in [-0.15, -0.1) is 0 Å². The summed E-state index contributed by atoms with van der Waals surface area (Å²) in [5.74, 6) is 0.332. The van der Waals surface area contributed by atoms with E-state index in [1.54, 1.807) is 0 Å². The van der Waals surface area contributed by atoms with Gasteiger partial charge >= 0.3 is 0 Å². The van der Waals surface area contributed by atoms with Crippen LogP contribution >= 0.6 is 0 Å². The van der Waals surface area contributed by atoms with Gasteiger partial charge in [-0.05, 0) is 47.1 Å². The monoisotopic (exact) mass is 284 g/mol. The van der Waals surface area contributed by atoms with E-state index in [4.69, 9.17) is 0 Å². The maximum Gasteiger partial charge on any atom is 0.225 e. The van der Waals surface area contributed by atoms with Crippen LogP contribution < -0.4 is 5.32 Å². The Labute approximate surface area is 121 Å². The molecule has 21 heavy (non-hydrogen) atoms. The van der Waals surface area contributed by atoms with Crippen molar-refractivity contribution in [2.45, 2.75) is 26.2 Å². The number of H-pyrrole nitrogens is 1. The van der Waals surface area contributed by atoms with Crippen LogP contribution in [0.5, 0.6) is 0 Å². The molecule has 0 saturated carbocycles. The molecule has 0 fully saturated rings. The zero-order chi connectivity index (χ0) is 14.7. The number of benzene rings is 1. The highest BCUT2D eigenvalue weighted by Gasteiger charge is 2.11. The number of amides is 1. The van der Waals surface area contributed by atoms with Crippen LogP contribution in [-0.4, -0.2) is 21.2 Å². The van der Waals surface area contributed by atoms with E-state index in [1.165, 1.54) is 0 Å². The summed E-state index contributed by atoms with van der Waals surface area (Å²) in [7, 11) is 0. The minimum Gasteiger partial charge on any atom is -0.361 e. The summed E-state index contributed by atoms with van der Waals surface area (Å²) < 4.78 is 4.62. The average Bonchev–Trinajstić information content (AvgIpc) is 3.12. The number of hydrogen-bond acceptors (Lipinski definition) is 4. The largest absolute Gasteiger partial charge is 0.361 e. The summed E-state index contributed by atoms with van der Waals surface area (Å²) in [5.41, 5.74) is 2.90. The number of fused-ring (bicyclic) bond motifs is 1. The topological polar surface area (TPSA) is 83.8 Å². The normalized spacial score (nSPS) is 10.9. The highest BCUT2D eigenvalue weighted by Crippen LogP contribution is 2.16. The Bertz CT molecular complexity index is 760. The van der Waals surface area contributed by atoms with Crippen molar-refractivity contribution < 1.29 is 9.42 Å². The molecule has 1 amide bonds. The Hall–Kier alpha value is -2.63. The number of hydrogen-bond donors (Lipinski definition) is 2. The SMILES string of the molecule is CCc1nonc1NC(=O)CCc1ccc2[nH]ccc2c1. The molecule has 3 aromatic rings. The molecular formula is C15H16N4O2. The van der Waals surface area contributed by atoms with Crippen molar-refractivity contribution >= 4 is 22.6 Å². The van der Waals surface area contributed by atoms with E-state index in [-0.39, 0.29) is 5.91 Å². The molecule has 0 unspecified atom stereocenters. The predicted octanol–water partition coefficient (Wildman–Crippen LogP) is 2.68. The van der Waals surface area contributed by atoms with Crippen molar-refractivity contribution in [1.29, 1.82) is 0 Å². The van der Waals surface area contributed by atoms with Gasteiger partial charge in [0.2, 0.25) is 11.7 Å². The molecule has 0 aliphatic heterocycles. The molecule has 2 N–H and O–H groups in total. The number of anilines is 1. The molecule has 0 bridgehead atoms. The molecule has 0 atom stereocenters. The van der Waals surface area contributed by atoms with Gasteiger partial charge in [0.1, 0.15) is 5.69 Å². The van der Waals surface area contributed by atoms with Crippen LogP contribution in [0.4, 0.5) is 5.82 Å². The standard InChI is InChI=1S/C15H16N4O2/c1-2-12-15(19-21-18-12)17-14(20)6-4-10-3-5-13-11(9-10)7-8-16-13/h3,5,7-9,16H,2,4,6H2,1H3,(H,17,19,20). The number of carbonyl (C=O) groups is 1. The highest BCUT2D eigenvalue weighted by atomic mass is 16.6. The second-order valence-corrected chi connectivity index (χ2v) is 4.86. The third-order valence-corrected chi connectivity index (χ3v) is 3.41. The lowest BCUT2D eigenvalue weighted by atomic mass is 10.1. The molecule has 6 nitrogen and oxygen atoms in total. The number of aromatic nitrogens is 3.